The highest BCUT2D eigenvalue weighted by Crippen LogP contribution is 2.17. The Kier molecular flexibility index (Phi) is 4.03. The largest absolute Gasteiger partial charge is 0.463 e. The average molecular weight is 205 g/mol. The highest BCUT2D eigenvalue weighted by molar-refractivity contribution is 5.96. The smallest absolute Gasteiger partial charge is 0.333 e. The molecular weight excluding hydrogens is 190 g/mol. The summed E-state index contributed by atoms with van der Waals surface area (Å²) in [5.74, 6) is -0.265. The van der Waals surface area contributed by atoms with Crippen molar-refractivity contribution < 1.29 is 9.53 Å². The molecule has 80 valence electrons. The topological polar surface area (TPSA) is 39.2 Å². The van der Waals surface area contributed by atoms with Gasteiger partial charge < -0.3 is 4.74 Å². The molecule has 0 aliphatic rings. The Morgan fingerprint density at radius 3 is 2.73 bits per heavy atom. The van der Waals surface area contributed by atoms with E-state index in [1.165, 1.54) is 0 Å². The third kappa shape index (κ3) is 2.91. The second-order valence-corrected chi connectivity index (χ2v) is 3.21. The summed E-state index contributed by atoms with van der Waals surface area (Å²) in [6, 6.07) is 3.77. The van der Waals surface area contributed by atoms with E-state index in [0.717, 1.165) is 11.1 Å². The Morgan fingerprint density at radius 1 is 1.47 bits per heavy atom. The van der Waals surface area contributed by atoms with Gasteiger partial charge in [0.05, 0.1) is 6.61 Å². The van der Waals surface area contributed by atoms with Gasteiger partial charge in [-0.2, -0.15) is 0 Å². The van der Waals surface area contributed by atoms with Gasteiger partial charge >= 0.3 is 5.97 Å². The lowest BCUT2D eigenvalue weighted by atomic mass is 10.0. The summed E-state index contributed by atoms with van der Waals surface area (Å²) in [4.78, 5) is 15.5. The van der Waals surface area contributed by atoms with Gasteiger partial charge in [0.2, 0.25) is 0 Å². The Balaban J connectivity index is 2.95. The van der Waals surface area contributed by atoms with Gasteiger partial charge in [-0.05, 0) is 38.0 Å². The first-order valence-corrected chi connectivity index (χ1v) is 4.91. The van der Waals surface area contributed by atoms with Crippen LogP contribution >= 0.6 is 0 Å². The van der Waals surface area contributed by atoms with Crippen LogP contribution in [0.15, 0.2) is 30.1 Å². The normalized spacial score (nSPS) is 11.9. The molecule has 0 aliphatic carbocycles. The molecule has 0 aromatic carbocycles. The van der Waals surface area contributed by atoms with E-state index in [2.05, 4.69) is 4.98 Å². The third-order valence-corrected chi connectivity index (χ3v) is 2.24. The van der Waals surface area contributed by atoms with Crippen LogP contribution in [0.25, 0.3) is 5.57 Å². The van der Waals surface area contributed by atoms with Gasteiger partial charge in [0, 0.05) is 18.0 Å². The zero-order valence-corrected chi connectivity index (χ0v) is 9.28. The first-order valence-electron chi connectivity index (χ1n) is 4.91. The standard InChI is InChI=1S/C12H15NO2/c1-4-15-12(14)10(3)9(2)11-6-5-7-13-8-11/h5-8H,4H2,1-3H3/b10-9-. The number of aromatic nitrogens is 1. The molecule has 0 atom stereocenters. The zero-order chi connectivity index (χ0) is 11.3. The average Bonchev–Trinajstić information content (AvgIpc) is 2.28. The molecule has 0 saturated heterocycles. The molecule has 3 heteroatoms. The molecule has 0 aliphatic heterocycles. The van der Waals surface area contributed by atoms with Gasteiger partial charge in [-0.1, -0.05) is 6.07 Å². The van der Waals surface area contributed by atoms with Crippen molar-refractivity contribution in [3.8, 4) is 0 Å². The summed E-state index contributed by atoms with van der Waals surface area (Å²) < 4.78 is 4.93. The maximum atomic E-state index is 11.5. The molecule has 15 heavy (non-hydrogen) atoms. The van der Waals surface area contributed by atoms with Crippen LogP contribution in [0.1, 0.15) is 26.3 Å². The highest BCUT2D eigenvalue weighted by atomic mass is 16.5. The van der Waals surface area contributed by atoms with Crippen LogP contribution in [0.3, 0.4) is 0 Å². The number of hydrogen-bond acceptors (Lipinski definition) is 3. The summed E-state index contributed by atoms with van der Waals surface area (Å²) in [6.07, 6.45) is 3.44. The fourth-order valence-corrected chi connectivity index (χ4v) is 1.19. The zero-order valence-electron chi connectivity index (χ0n) is 9.28. The minimum atomic E-state index is -0.265. The van der Waals surface area contributed by atoms with Gasteiger partial charge in [-0.3, -0.25) is 4.98 Å². The predicted molar refractivity (Wildman–Crippen MR) is 59.1 cm³/mol. The van der Waals surface area contributed by atoms with E-state index < -0.39 is 0 Å². The lowest BCUT2D eigenvalue weighted by Crippen LogP contribution is -2.06. The van der Waals surface area contributed by atoms with Crippen LogP contribution in [0.5, 0.6) is 0 Å². The van der Waals surface area contributed by atoms with Crippen LogP contribution in [-0.4, -0.2) is 17.6 Å². The van der Waals surface area contributed by atoms with Crippen molar-refractivity contribution in [3.63, 3.8) is 0 Å². The number of carbonyl (C=O) groups is 1. The molecule has 1 heterocycles. The summed E-state index contributed by atoms with van der Waals surface area (Å²) in [5.41, 5.74) is 2.48. The van der Waals surface area contributed by atoms with Crippen LogP contribution in [0.2, 0.25) is 0 Å². The van der Waals surface area contributed by atoms with E-state index in [0.29, 0.717) is 12.2 Å². The molecular formula is C12H15NO2. The van der Waals surface area contributed by atoms with Crippen molar-refractivity contribution in [3.05, 3.63) is 35.7 Å². The molecule has 3 nitrogen and oxygen atoms in total. The van der Waals surface area contributed by atoms with E-state index in [9.17, 15) is 4.79 Å². The Morgan fingerprint density at radius 2 is 2.20 bits per heavy atom. The number of esters is 1. The summed E-state index contributed by atoms with van der Waals surface area (Å²) in [5, 5.41) is 0. The fraction of sp³-hybridized carbons (Fsp3) is 0.333. The molecule has 0 radical (unpaired) electrons. The van der Waals surface area contributed by atoms with E-state index in [4.69, 9.17) is 4.74 Å². The second kappa shape index (κ2) is 5.29. The Hall–Kier alpha value is -1.64. The molecule has 0 spiro atoms. The van der Waals surface area contributed by atoms with Crippen molar-refractivity contribution in [1.82, 2.24) is 4.98 Å². The number of allylic oxidation sites excluding steroid dienone is 1. The second-order valence-electron chi connectivity index (χ2n) is 3.21. The van der Waals surface area contributed by atoms with E-state index in [1.807, 2.05) is 19.1 Å². The van der Waals surface area contributed by atoms with E-state index in [-0.39, 0.29) is 5.97 Å². The fourth-order valence-electron chi connectivity index (χ4n) is 1.19. The number of hydrogen-bond donors (Lipinski definition) is 0. The Labute approximate surface area is 89.8 Å². The van der Waals surface area contributed by atoms with Crippen molar-refractivity contribution in [2.75, 3.05) is 6.61 Å². The molecule has 0 bridgehead atoms. The molecule has 0 N–H and O–H groups in total. The maximum absolute atomic E-state index is 11.5. The quantitative estimate of drug-likeness (QED) is 0.562. The molecule has 1 aromatic rings. The van der Waals surface area contributed by atoms with Crippen LogP contribution < -0.4 is 0 Å². The first-order chi connectivity index (χ1) is 7.16. The summed E-state index contributed by atoms with van der Waals surface area (Å²) in [6.45, 7) is 5.85. The molecule has 0 saturated carbocycles. The molecule has 0 amide bonds. The third-order valence-electron chi connectivity index (χ3n) is 2.24. The van der Waals surface area contributed by atoms with Gasteiger partial charge in [0.25, 0.3) is 0 Å². The van der Waals surface area contributed by atoms with E-state index >= 15 is 0 Å². The number of carbonyl (C=O) groups excluding carboxylic acids is 1. The number of pyridine rings is 1. The lowest BCUT2D eigenvalue weighted by Gasteiger charge is -2.06. The summed E-state index contributed by atoms with van der Waals surface area (Å²) in [7, 11) is 0. The number of nitrogens with zero attached hydrogens (tertiary/aromatic N) is 1. The van der Waals surface area contributed by atoms with Crippen molar-refractivity contribution >= 4 is 11.5 Å². The van der Waals surface area contributed by atoms with Crippen LogP contribution in [-0.2, 0) is 9.53 Å². The van der Waals surface area contributed by atoms with Crippen molar-refractivity contribution in [1.29, 1.82) is 0 Å². The molecule has 0 fully saturated rings. The number of ether oxygens (including phenoxy) is 1. The monoisotopic (exact) mass is 205 g/mol. The first kappa shape index (κ1) is 11.4. The summed E-state index contributed by atoms with van der Waals surface area (Å²) >= 11 is 0. The molecule has 0 unspecified atom stereocenters. The maximum Gasteiger partial charge on any atom is 0.333 e. The van der Waals surface area contributed by atoms with E-state index in [1.54, 1.807) is 26.2 Å². The van der Waals surface area contributed by atoms with Gasteiger partial charge in [0.1, 0.15) is 0 Å². The van der Waals surface area contributed by atoms with Gasteiger partial charge in [-0.25, -0.2) is 4.79 Å². The molecule has 1 aromatic heterocycles. The van der Waals surface area contributed by atoms with Crippen LogP contribution in [0.4, 0.5) is 0 Å². The minimum absolute atomic E-state index is 0.265. The highest BCUT2D eigenvalue weighted by Gasteiger charge is 2.09. The number of rotatable bonds is 3. The SMILES string of the molecule is CCOC(=O)/C(C)=C(/C)c1cccnc1. The van der Waals surface area contributed by atoms with Crippen molar-refractivity contribution in [2.24, 2.45) is 0 Å². The van der Waals surface area contributed by atoms with Crippen molar-refractivity contribution in [2.45, 2.75) is 20.8 Å². The van der Waals surface area contributed by atoms with Gasteiger partial charge in [0.15, 0.2) is 0 Å². The molecule has 1 rings (SSSR count). The minimum Gasteiger partial charge on any atom is -0.463 e. The lowest BCUT2D eigenvalue weighted by molar-refractivity contribution is -0.138. The predicted octanol–water partition coefficient (Wildman–Crippen LogP) is 2.44. The van der Waals surface area contributed by atoms with Gasteiger partial charge in [-0.15, -0.1) is 0 Å². The Bertz CT molecular complexity index is 368. The van der Waals surface area contributed by atoms with Crippen LogP contribution in [0, 0.1) is 0 Å².